The molecule has 5 rings (SSSR count). The normalized spacial score (nSPS) is 11.2. The Morgan fingerprint density at radius 3 is 2.39 bits per heavy atom. The van der Waals surface area contributed by atoms with Gasteiger partial charge in [-0.2, -0.15) is 4.98 Å². The van der Waals surface area contributed by atoms with Crippen LogP contribution in [0.1, 0.15) is 32.9 Å². The highest BCUT2D eigenvalue weighted by Gasteiger charge is 2.20. The zero-order chi connectivity index (χ0) is 23.1. The van der Waals surface area contributed by atoms with Crippen molar-refractivity contribution in [3.05, 3.63) is 105 Å². The van der Waals surface area contributed by atoms with Crippen LogP contribution >= 0.6 is 0 Å². The number of rotatable bonds is 4. The third-order valence-electron chi connectivity index (χ3n) is 5.88. The largest absolute Gasteiger partial charge is 0.319 e. The number of amides is 1. The van der Waals surface area contributed by atoms with Crippen molar-refractivity contribution in [2.24, 2.45) is 0 Å². The molecule has 33 heavy (non-hydrogen) atoms. The molecule has 7 heteroatoms. The van der Waals surface area contributed by atoms with E-state index < -0.39 is 5.91 Å². The van der Waals surface area contributed by atoms with E-state index in [9.17, 15) is 9.59 Å². The van der Waals surface area contributed by atoms with E-state index in [1.54, 1.807) is 4.57 Å². The Balaban J connectivity index is 1.67. The number of benzene rings is 3. The first-order valence-corrected chi connectivity index (χ1v) is 10.7. The summed E-state index contributed by atoms with van der Waals surface area (Å²) in [5.41, 5.74) is 6.06. The molecule has 1 amide bonds. The van der Waals surface area contributed by atoms with Crippen molar-refractivity contribution in [1.82, 2.24) is 19.2 Å². The van der Waals surface area contributed by atoms with Crippen molar-refractivity contribution in [1.29, 1.82) is 0 Å². The Hall–Kier alpha value is -4.26. The molecule has 7 nitrogen and oxygen atoms in total. The Labute approximate surface area is 190 Å². The molecule has 164 valence electrons. The molecule has 5 aromatic rings. The van der Waals surface area contributed by atoms with E-state index in [4.69, 9.17) is 0 Å². The fourth-order valence-electron chi connectivity index (χ4n) is 3.98. The third-order valence-corrected chi connectivity index (χ3v) is 5.88. The topological polar surface area (TPSA) is 81.3 Å². The molecule has 0 atom stereocenters. The average molecular weight is 438 g/mol. The molecule has 3 aromatic carbocycles. The van der Waals surface area contributed by atoms with E-state index in [0.717, 1.165) is 27.8 Å². The molecular weight excluding hydrogens is 414 g/mol. The minimum atomic E-state index is -0.460. The van der Waals surface area contributed by atoms with Crippen molar-refractivity contribution < 1.29 is 4.79 Å². The van der Waals surface area contributed by atoms with Gasteiger partial charge in [0.15, 0.2) is 0 Å². The number of carbonyl (C=O) groups is 1. The number of para-hydroxylation sites is 1. The van der Waals surface area contributed by atoms with Crippen molar-refractivity contribution in [3.63, 3.8) is 0 Å². The van der Waals surface area contributed by atoms with Crippen LogP contribution in [-0.2, 0) is 6.54 Å². The predicted octanol–water partition coefficient (Wildman–Crippen LogP) is 4.27. The highest BCUT2D eigenvalue weighted by Crippen LogP contribution is 2.19. The lowest BCUT2D eigenvalue weighted by atomic mass is 10.1. The summed E-state index contributed by atoms with van der Waals surface area (Å²) in [6.45, 7) is 6.32. The first kappa shape index (κ1) is 20.6. The first-order chi connectivity index (χ1) is 15.9. The maximum absolute atomic E-state index is 13.5. The average Bonchev–Trinajstić information content (AvgIpc) is 3.25. The Bertz CT molecular complexity index is 1600. The number of nitrogens with zero attached hydrogens (tertiary/aromatic N) is 4. The number of nitrogens with one attached hydrogen (secondary N) is 1. The van der Waals surface area contributed by atoms with Gasteiger partial charge in [0, 0.05) is 5.69 Å². The molecule has 0 saturated carbocycles. The minimum Gasteiger partial charge on any atom is -0.319 e. The first-order valence-electron chi connectivity index (χ1n) is 10.7. The van der Waals surface area contributed by atoms with Gasteiger partial charge in [0.25, 0.3) is 11.5 Å². The molecular formula is C26H23N5O2. The molecule has 0 aliphatic rings. The molecule has 0 spiro atoms. The zero-order valence-electron chi connectivity index (χ0n) is 18.7. The van der Waals surface area contributed by atoms with Crippen LogP contribution in [0.4, 0.5) is 5.69 Å². The number of hydrogen-bond donors (Lipinski definition) is 1. The van der Waals surface area contributed by atoms with Crippen LogP contribution in [0.15, 0.2) is 71.5 Å². The maximum Gasteiger partial charge on any atom is 0.296 e. The van der Waals surface area contributed by atoms with Gasteiger partial charge in [-0.25, -0.2) is 4.52 Å². The van der Waals surface area contributed by atoms with Crippen LogP contribution in [0.3, 0.4) is 0 Å². The third kappa shape index (κ3) is 3.67. The van der Waals surface area contributed by atoms with Crippen LogP contribution in [0.2, 0.25) is 0 Å². The second-order valence-corrected chi connectivity index (χ2v) is 8.25. The monoisotopic (exact) mass is 437 g/mol. The zero-order valence-corrected chi connectivity index (χ0v) is 18.7. The van der Waals surface area contributed by atoms with Gasteiger partial charge in [-0.1, -0.05) is 48.5 Å². The van der Waals surface area contributed by atoms with Crippen molar-refractivity contribution in [2.45, 2.75) is 27.3 Å². The summed E-state index contributed by atoms with van der Waals surface area (Å²) in [5.74, 6) is -0.510. The van der Waals surface area contributed by atoms with Crippen LogP contribution in [0.25, 0.3) is 16.7 Å². The fraction of sp³-hybridized carbons (Fsp3) is 0.154. The van der Waals surface area contributed by atoms with Gasteiger partial charge >= 0.3 is 0 Å². The summed E-state index contributed by atoms with van der Waals surface area (Å²) < 4.78 is 3.18. The van der Waals surface area contributed by atoms with Crippen LogP contribution in [0.5, 0.6) is 0 Å². The van der Waals surface area contributed by atoms with E-state index in [1.165, 1.54) is 4.52 Å². The molecule has 0 fully saturated rings. The molecule has 0 bridgehead atoms. The fourth-order valence-corrected chi connectivity index (χ4v) is 3.98. The summed E-state index contributed by atoms with van der Waals surface area (Å²) in [7, 11) is 0. The van der Waals surface area contributed by atoms with Gasteiger partial charge in [-0.15, -0.1) is 5.10 Å². The SMILES string of the molecule is Cc1ccc2c(c1)n(Cc1ccccc1C)c(=O)c1nc(C(=O)Nc3ccccc3C)nn12. The molecule has 1 N–H and O–H groups in total. The number of fused-ring (bicyclic) bond motifs is 3. The van der Waals surface area contributed by atoms with E-state index in [0.29, 0.717) is 17.7 Å². The summed E-state index contributed by atoms with van der Waals surface area (Å²) in [6.07, 6.45) is 0. The standard InChI is InChI=1S/C26H23N5O2/c1-16-12-13-21-22(14-16)30(15-19-10-6-4-8-17(19)2)26(33)24-28-23(29-31(21)24)25(32)27-20-11-7-5-9-18(20)3/h4-14H,15H2,1-3H3,(H,27,32). The molecule has 0 aliphatic carbocycles. The lowest BCUT2D eigenvalue weighted by molar-refractivity contribution is 0.101. The quantitative estimate of drug-likeness (QED) is 0.455. The second kappa shape index (κ2) is 8.02. The van der Waals surface area contributed by atoms with Gasteiger partial charge in [-0.3, -0.25) is 14.2 Å². The van der Waals surface area contributed by atoms with E-state index in [2.05, 4.69) is 15.4 Å². The van der Waals surface area contributed by atoms with E-state index in [-0.39, 0.29) is 17.0 Å². The maximum atomic E-state index is 13.5. The molecule has 2 aromatic heterocycles. The molecule has 0 unspecified atom stereocenters. The Morgan fingerprint density at radius 1 is 0.909 bits per heavy atom. The Kier molecular flexibility index (Phi) is 5.01. The predicted molar refractivity (Wildman–Crippen MR) is 129 cm³/mol. The number of carbonyl (C=O) groups excluding carboxylic acids is 1. The summed E-state index contributed by atoms with van der Waals surface area (Å²) in [4.78, 5) is 30.8. The summed E-state index contributed by atoms with van der Waals surface area (Å²) in [6, 6.07) is 21.3. The molecule has 0 saturated heterocycles. The van der Waals surface area contributed by atoms with Crippen LogP contribution in [0, 0.1) is 20.8 Å². The summed E-state index contributed by atoms with van der Waals surface area (Å²) in [5, 5.41) is 7.24. The van der Waals surface area contributed by atoms with Gasteiger partial charge in [0.05, 0.1) is 17.6 Å². The molecule has 0 radical (unpaired) electrons. The van der Waals surface area contributed by atoms with Crippen molar-refractivity contribution >= 4 is 28.3 Å². The lowest BCUT2D eigenvalue weighted by Gasteiger charge is -2.13. The van der Waals surface area contributed by atoms with Gasteiger partial charge < -0.3 is 5.32 Å². The van der Waals surface area contributed by atoms with Gasteiger partial charge in [0.1, 0.15) is 0 Å². The number of anilines is 1. The lowest BCUT2D eigenvalue weighted by Crippen LogP contribution is -2.24. The second-order valence-electron chi connectivity index (χ2n) is 8.25. The highest BCUT2D eigenvalue weighted by atomic mass is 16.2. The van der Waals surface area contributed by atoms with Gasteiger partial charge in [-0.05, 0) is 61.2 Å². The van der Waals surface area contributed by atoms with Gasteiger partial charge in [0.2, 0.25) is 11.5 Å². The van der Waals surface area contributed by atoms with Crippen molar-refractivity contribution in [3.8, 4) is 0 Å². The number of hydrogen-bond acceptors (Lipinski definition) is 4. The van der Waals surface area contributed by atoms with Crippen LogP contribution in [-0.4, -0.2) is 25.1 Å². The number of aromatic nitrogens is 4. The highest BCUT2D eigenvalue weighted by molar-refractivity contribution is 6.02. The number of aryl methyl sites for hydroxylation is 3. The van der Waals surface area contributed by atoms with Crippen LogP contribution < -0.4 is 10.9 Å². The Morgan fingerprint density at radius 2 is 1.64 bits per heavy atom. The summed E-state index contributed by atoms with van der Waals surface area (Å²) >= 11 is 0. The molecule has 0 aliphatic heterocycles. The minimum absolute atomic E-state index is 0.0501. The smallest absolute Gasteiger partial charge is 0.296 e. The van der Waals surface area contributed by atoms with Crippen molar-refractivity contribution in [2.75, 3.05) is 5.32 Å². The molecule has 2 heterocycles. The van der Waals surface area contributed by atoms with E-state index in [1.807, 2.05) is 87.5 Å². The van der Waals surface area contributed by atoms with E-state index >= 15 is 0 Å².